The van der Waals surface area contributed by atoms with Gasteiger partial charge in [0.15, 0.2) is 11.5 Å². The molecule has 1 saturated heterocycles. The third-order valence-electron chi connectivity index (χ3n) is 3.12. The van der Waals surface area contributed by atoms with Crippen LogP contribution >= 0.6 is 11.6 Å². The van der Waals surface area contributed by atoms with Crippen LogP contribution in [-0.2, 0) is 4.74 Å². The highest BCUT2D eigenvalue weighted by molar-refractivity contribution is 6.28. The molecule has 0 saturated carbocycles. The summed E-state index contributed by atoms with van der Waals surface area (Å²) < 4.78 is 7.16. The number of halogens is 1. The van der Waals surface area contributed by atoms with E-state index in [4.69, 9.17) is 27.2 Å². The Balaban J connectivity index is 2.02. The molecule has 3 unspecified atom stereocenters. The summed E-state index contributed by atoms with van der Waals surface area (Å²) in [4.78, 5) is 12.0. The van der Waals surface area contributed by atoms with E-state index in [1.165, 1.54) is 6.33 Å². The third-order valence-corrected chi connectivity index (χ3v) is 3.28. The molecular weight excluding hydrogens is 275 g/mol. The van der Waals surface area contributed by atoms with Gasteiger partial charge in [-0.3, -0.25) is 4.57 Å². The van der Waals surface area contributed by atoms with Crippen LogP contribution in [-0.4, -0.2) is 48.5 Å². The molecule has 0 radical (unpaired) electrons. The van der Waals surface area contributed by atoms with Gasteiger partial charge in [0.25, 0.3) is 0 Å². The molecule has 0 bridgehead atoms. The fraction of sp³-hybridized carbons (Fsp3) is 0.500. The lowest BCUT2D eigenvalue weighted by Gasteiger charge is -2.13. The van der Waals surface area contributed by atoms with Crippen molar-refractivity contribution in [2.24, 2.45) is 0 Å². The van der Waals surface area contributed by atoms with Crippen molar-refractivity contribution in [2.75, 3.05) is 12.3 Å². The predicted octanol–water partition coefficient (Wildman–Crippen LogP) is -0.297. The molecule has 2 aromatic heterocycles. The number of anilines is 1. The molecular formula is C10H12ClN5O3. The maximum Gasteiger partial charge on any atom is 0.226 e. The number of fused-ring (bicyclic) bond motifs is 1. The van der Waals surface area contributed by atoms with Crippen molar-refractivity contribution in [1.29, 1.82) is 0 Å². The predicted molar refractivity (Wildman–Crippen MR) is 66.4 cm³/mol. The van der Waals surface area contributed by atoms with Gasteiger partial charge < -0.3 is 20.7 Å². The number of hydrogen-bond donors (Lipinski definition) is 3. The molecule has 0 aliphatic carbocycles. The SMILES string of the molecule is [15NH2]c1nc(Cl)nc2c1ncn2C1CC(O)C(CO)O1. The monoisotopic (exact) mass is 286 g/mol. The molecule has 2 aromatic rings. The zero-order valence-electron chi connectivity index (χ0n) is 9.77. The Morgan fingerprint density at radius 1 is 1.53 bits per heavy atom. The van der Waals surface area contributed by atoms with Crippen LogP contribution < -0.4 is 5.73 Å². The minimum absolute atomic E-state index is 0.0176. The first-order valence-corrected chi connectivity index (χ1v) is 6.08. The smallest absolute Gasteiger partial charge is 0.226 e. The highest BCUT2D eigenvalue weighted by Crippen LogP contribution is 2.31. The molecule has 3 atom stereocenters. The zero-order chi connectivity index (χ0) is 13.6. The molecule has 3 heterocycles. The van der Waals surface area contributed by atoms with E-state index in [9.17, 15) is 5.11 Å². The number of nitrogen functional groups attached to an aromatic ring is 1. The molecule has 0 amide bonds. The molecule has 3 rings (SSSR count). The third kappa shape index (κ3) is 2.02. The summed E-state index contributed by atoms with van der Waals surface area (Å²) in [6.07, 6.45) is 0.0169. The van der Waals surface area contributed by atoms with E-state index in [0.29, 0.717) is 17.6 Å². The number of nitrogens with two attached hydrogens (primary N) is 1. The van der Waals surface area contributed by atoms with Crippen molar-refractivity contribution in [2.45, 2.75) is 24.9 Å². The number of nitrogens with zero attached hydrogens (tertiary/aromatic N) is 4. The van der Waals surface area contributed by atoms with Gasteiger partial charge in [0.2, 0.25) is 5.28 Å². The molecule has 4 N–H and O–H groups in total. The lowest BCUT2D eigenvalue weighted by molar-refractivity contribution is -0.0432. The average Bonchev–Trinajstić information content (AvgIpc) is 2.92. The molecule has 1 aliphatic rings. The second-order valence-corrected chi connectivity index (χ2v) is 4.65. The Labute approximate surface area is 112 Å². The quantitative estimate of drug-likeness (QED) is 0.512. The van der Waals surface area contributed by atoms with Crippen LogP contribution in [0.5, 0.6) is 0 Å². The standard InChI is InChI=1S/C10H12ClN5O3/c11-10-14-8(12)7-9(15-10)16(3-13-7)6-1-4(18)5(2-17)19-6/h3-6,17-18H,1-2H2,(H2,12,14,15)/i12+1. The van der Waals surface area contributed by atoms with E-state index in [0.717, 1.165) is 0 Å². The number of rotatable bonds is 2. The largest absolute Gasteiger partial charge is 0.394 e. The zero-order valence-corrected chi connectivity index (χ0v) is 10.5. The fourth-order valence-corrected chi connectivity index (χ4v) is 2.34. The van der Waals surface area contributed by atoms with E-state index in [1.807, 2.05) is 0 Å². The van der Waals surface area contributed by atoms with E-state index in [2.05, 4.69) is 15.0 Å². The Morgan fingerprint density at radius 2 is 2.32 bits per heavy atom. The summed E-state index contributed by atoms with van der Waals surface area (Å²) in [6.45, 7) is -0.248. The lowest BCUT2D eigenvalue weighted by atomic mass is 10.2. The van der Waals surface area contributed by atoms with Gasteiger partial charge in [-0.25, -0.2) is 4.98 Å². The minimum Gasteiger partial charge on any atom is -0.394 e. The van der Waals surface area contributed by atoms with Crippen molar-refractivity contribution < 1.29 is 14.9 Å². The maximum absolute atomic E-state index is 9.74. The van der Waals surface area contributed by atoms with Crippen molar-refractivity contribution in [3.63, 3.8) is 0 Å². The van der Waals surface area contributed by atoms with E-state index in [1.54, 1.807) is 4.57 Å². The van der Waals surface area contributed by atoms with Gasteiger partial charge in [0.1, 0.15) is 17.8 Å². The van der Waals surface area contributed by atoms with Crippen molar-refractivity contribution in [3.8, 4) is 0 Å². The van der Waals surface area contributed by atoms with Crippen LogP contribution in [0.1, 0.15) is 12.6 Å². The molecule has 1 aliphatic heterocycles. The van der Waals surface area contributed by atoms with Crippen LogP contribution in [0.3, 0.4) is 0 Å². The summed E-state index contributed by atoms with van der Waals surface area (Å²) in [6, 6.07) is 0. The highest BCUT2D eigenvalue weighted by Gasteiger charge is 2.35. The molecule has 102 valence electrons. The maximum atomic E-state index is 9.74. The van der Waals surface area contributed by atoms with E-state index >= 15 is 0 Å². The van der Waals surface area contributed by atoms with Gasteiger partial charge in [0.05, 0.1) is 19.0 Å². The lowest BCUT2D eigenvalue weighted by Crippen LogP contribution is -2.24. The summed E-state index contributed by atoms with van der Waals surface area (Å²) in [7, 11) is 0. The summed E-state index contributed by atoms with van der Waals surface area (Å²) in [5, 5.41) is 18.8. The van der Waals surface area contributed by atoms with Gasteiger partial charge in [0, 0.05) is 6.42 Å². The normalized spacial score (nSPS) is 27.2. The number of hydrogen-bond acceptors (Lipinski definition) is 7. The van der Waals surface area contributed by atoms with Crippen LogP contribution in [0.4, 0.5) is 5.82 Å². The van der Waals surface area contributed by atoms with Crippen molar-refractivity contribution in [3.05, 3.63) is 11.6 Å². The van der Waals surface area contributed by atoms with Crippen LogP contribution in [0.2, 0.25) is 5.28 Å². The number of aliphatic hydroxyl groups excluding tert-OH is 2. The molecule has 0 aromatic carbocycles. The Bertz CT molecular complexity index is 618. The number of aromatic nitrogens is 4. The first kappa shape index (κ1) is 12.5. The van der Waals surface area contributed by atoms with E-state index < -0.39 is 18.4 Å². The summed E-state index contributed by atoms with van der Waals surface area (Å²) in [5.74, 6) is 0.186. The average molecular weight is 287 g/mol. The first-order chi connectivity index (χ1) is 9.10. The summed E-state index contributed by atoms with van der Waals surface area (Å²) in [5.41, 5.74) is 6.57. The van der Waals surface area contributed by atoms with Crippen LogP contribution in [0.25, 0.3) is 11.2 Å². The Hall–Kier alpha value is -1.48. The highest BCUT2D eigenvalue weighted by atomic mass is 35.5. The number of imidazole rings is 1. The van der Waals surface area contributed by atoms with Crippen molar-refractivity contribution in [1.82, 2.24) is 19.5 Å². The molecule has 9 heteroatoms. The van der Waals surface area contributed by atoms with Crippen LogP contribution in [0, 0.1) is 0 Å². The minimum atomic E-state index is -0.734. The van der Waals surface area contributed by atoms with Crippen LogP contribution in [0.15, 0.2) is 6.33 Å². The Kier molecular flexibility index (Phi) is 3.02. The van der Waals surface area contributed by atoms with Gasteiger partial charge in [-0.1, -0.05) is 0 Å². The van der Waals surface area contributed by atoms with Gasteiger partial charge >= 0.3 is 0 Å². The molecule has 1 fully saturated rings. The molecule has 0 spiro atoms. The second kappa shape index (κ2) is 4.57. The molecule has 19 heavy (non-hydrogen) atoms. The fourth-order valence-electron chi connectivity index (χ4n) is 2.17. The van der Waals surface area contributed by atoms with E-state index in [-0.39, 0.29) is 17.7 Å². The Morgan fingerprint density at radius 3 is 3.00 bits per heavy atom. The van der Waals surface area contributed by atoms with Crippen molar-refractivity contribution >= 4 is 28.6 Å². The van der Waals surface area contributed by atoms with Gasteiger partial charge in [-0.05, 0) is 11.6 Å². The molecule has 8 nitrogen and oxygen atoms in total. The topological polar surface area (TPSA) is 119 Å². The summed E-state index contributed by atoms with van der Waals surface area (Å²) >= 11 is 5.77. The first-order valence-electron chi connectivity index (χ1n) is 5.70. The second-order valence-electron chi connectivity index (χ2n) is 4.32. The number of aliphatic hydroxyl groups is 2. The van der Waals surface area contributed by atoms with Gasteiger partial charge in [-0.15, -0.1) is 0 Å². The number of ether oxygens (including phenoxy) is 1. The van der Waals surface area contributed by atoms with Gasteiger partial charge in [-0.2, -0.15) is 9.97 Å².